The molecule has 3 heterocycles. The molecule has 1 saturated carbocycles. The molecule has 0 atom stereocenters. The Labute approximate surface area is 148 Å². The molecule has 0 unspecified atom stereocenters. The summed E-state index contributed by atoms with van der Waals surface area (Å²) in [5.74, 6) is 0.957. The third kappa shape index (κ3) is 4.14. The van der Waals surface area contributed by atoms with Crippen LogP contribution in [0.4, 0.5) is 0 Å². The highest BCUT2D eigenvalue weighted by molar-refractivity contribution is 4.92. The average Bonchev–Trinajstić information content (AvgIpc) is 2.65. The van der Waals surface area contributed by atoms with Crippen LogP contribution < -0.4 is 10.6 Å². The van der Waals surface area contributed by atoms with E-state index in [0.29, 0.717) is 0 Å². The summed E-state index contributed by atoms with van der Waals surface area (Å²) in [6, 6.07) is 0.908. The maximum atomic E-state index is 3.55. The number of likely N-dealkylation sites (tertiary alicyclic amines) is 1. The van der Waals surface area contributed by atoms with Gasteiger partial charge in [0.05, 0.1) is 0 Å². The Morgan fingerprint density at radius 3 is 2.00 bits per heavy atom. The molecule has 1 aliphatic carbocycles. The van der Waals surface area contributed by atoms with Crippen molar-refractivity contribution in [3.63, 3.8) is 0 Å². The molecule has 24 heavy (non-hydrogen) atoms. The highest BCUT2D eigenvalue weighted by atomic mass is 15.2. The molecule has 2 N–H and O–H groups in total. The summed E-state index contributed by atoms with van der Waals surface area (Å²) >= 11 is 0. The van der Waals surface area contributed by atoms with Gasteiger partial charge in [-0.25, -0.2) is 0 Å². The zero-order valence-electron chi connectivity index (χ0n) is 15.6. The van der Waals surface area contributed by atoms with Crippen LogP contribution >= 0.6 is 0 Å². The van der Waals surface area contributed by atoms with Gasteiger partial charge in [-0.2, -0.15) is 0 Å². The van der Waals surface area contributed by atoms with Gasteiger partial charge in [0.15, 0.2) is 0 Å². The van der Waals surface area contributed by atoms with E-state index in [-0.39, 0.29) is 0 Å². The normalized spacial score (nSPS) is 31.5. The van der Waals surface area contributed by atoms with Crippen LogP contribution in [0, 0.1) is 11.3 Å². The van der Waals surface area contributed by atoms with E-state index in [9.17, 15) is 0 Å². The van der Waals surface area contributed by atoms with Gasteiger partial charge >= 0.3 is 0 Å². The molecule has 0 aromatic rings. The molecule has 0 bridgehead atoms. The standard InChI is InChI=1S/C20H38N4/c1-5-20(7-9-21-10-8-20)6-2-19(1)24-13-3-18(4-14-24)17-23-15-11-22-12-16-23/h18-19,21-22H,1-17H2. The van der Waals surface area contributed by atoms with Gasteiger partial charge in [-0.05, 0) is 88.9 Å². The third-order valence-corrected chi connectivity index (χ3v) is 7.57. The van der Waals surface area contributed by atoms with Crippen molar-refractivity contribution in [2.24, 2.45) is 11.3 Å². The van der Waals surface area contributed by atoms with E-state index < -0.39 is 0 Å². The van der Waals surface area contributed by atoms with Gasteiger partial charge in [-0.1, -0.05) is 0 Å². The lowest BCUT2D eigenvalue weighted by Gasteiger charge is -2.47. The Balaban J connectivity index is 1.19. The molecule has 0 amide bonds. The van der Waals surface area contributed by atoms with Crippen molar-refractivity contribution in [2.75, 3.05) is 58.9 Å². The van der Waals surface area contributed by atoms with Gasteiger partial charge in [-0.15, -0.1) is 0 Å². The first kappa shape index (κ1) is 17.3. The Bertz CT molecular complexity index is 369. The minimum atomic E-state index is 0.725. The fraction of sp³-hybridized carbons (Fsp3) is 1.00. The van der Waals surface area contributed by atoms with Crippen LogP contribution in [-0.2, 0) is 0 Å². The zero-order chi connectivity index (χ0) is 16.2. The number of nitrogens with zero attached hydrogens (tertiary/aromatic N) is 2. The SMILES string of the molecule is C1CN(CC2CCN(C3CCC4(CCNCC4)CC3)CC2)CCN1. The van der Waals surface area contributed by atoms with E-state index in [0.717, 1.165) is 17.4 Å². The lowest BCUT2D eigenvalue weighted by molar-refractivity contribution is 0.0422. The highest BCUT2D eigenvalue weighted by Gasteiger charge is 2.38. The van der Waals surface area contributed by atoms with Gasteiger partial charge in [0.1, 0.15) is 0 Å². The molecule has 0 aromatic carbocycles. The lowest BCUT2D eigenvalue weighted by atomic mass is 9.67. The molecule has 4 fully saturated rings. The number of rotatable bonds is 3. The van der Waals surface area contributed by atoms with E-state index in [1.807, 2.05) is 0 Å². The summed E-state index contributed by atoms with van der Waals surface area (Å²) in [7, 11) is 0. The summed E-state index contributed by atoms with van der Waals surface area (Å²) in [6.45, 7) is 11.5. The number of piperazine rings is 1. The molecule has 1 spiro atoms. The van der Waals surface area contributed by atoms with Crippen LogP contribution in [0.5, 0.6) is 0 Å². The van der Waals surface area contributed by atoms with Crippen LogP contribution in [0.2, 0.25) is 0 Å². The first-order chi connectivity index (χ1) is 11.8. The summed E-state index contributed by atoms with van der Waals surface area (Å²) in [5.41, 5.74) is 0.725. The lowest BCUT2D eigenvalue weighted by Crippen LogP contribution is -2.49. The van der Waals surface area contributed by atoms with Gasteiger partial charge < -0.3 is 20.4 Å². The first-order valence-electron chi connectivity index (χ1n) is 10.7. The largest absolute Gasteiger partial charge is 0.317 e. The second-order valence-electron chi connectivity index (χ2n) is 9.01. The minimum absolute atomic E-state index is 0.725. The van der Waals surface area contributed by atoms with Crippen LogP contribution in [0.15, 0.2) is 0 Å². The predicted molar refractivity (Wildman–Crippen MR) is 100 cm³/mol. The van der Waals surface area contributed by atoms with E-state index >= 15 is 0 Å². The van der Waals surface area contributed by atoms with Crippen molar-refractivity contribution in [3.05, 3.63) is 0 Å². The molecule has 0 aromatic heterocycles. The third-order valence-electron chi connectivity index (χ3n) is 7.57. The fourth-order valence-corrected chi connectivity index (χ4v) is 5.80. The van der Waals surface area contributed by atoms with Gasteiger partial charge in [0.2, 0.25) is 0 Å². The summed E-state index contributed by atoms with van der Waals surface area (Å²) < 4.78 is 0. The summed E-state index contributed by atoms with van der Waals surface area (Å²) in [6.07, 6.45) is 11.7. The van der Waals surface area contributed by atoms with Crippen molar-refractivity contribution < 1.29 is 0 Å². The van der Waals surface area contributed by atoms with Crippen LogP contribution in [0.1, 0.15) is 51.4 Å². The Morgan fingerprint density at radius 1 is 0.708 bits per heavy atom. The van der Waals surface area contributed by atoms with E-state index in [1.54, 1.807) is 0 Å². The van der Waals surface area contributed by atoms with Crippen molar-refractivity contribution in [1.29, 1.82) is 0 Å². The zero-order valence-corrected chi connectivity index (χ0v) is 15.6. The van der Waals surface area contributed by atoms with Gasteiger partial charge in [0, 0.05) is 38.8 Å². The maximum Gasteiger partial charge on any atom is 0.0107 e. The molecule has 4 rings (SSSR count). The van der Waals surface area contributed by atoms with E-state index in [1.165, 1.54) is 110 Å². The van der Waals surface area contributed by atoms with Crippen LogP contribution in [-0.4, -0.2) is 74.7 Å². The van der Waals surface area contributed by atoms with Gasteiger partial charge in [0.25, 0.3) is 0 Å². The Kier molecular flexibility index (Phi) is 5.77. The molecule has 4 heteroatoms. The second-order valence-corrected chi connectivity index (χ2v) is 9.01. The predicted octanol–water partition coefficient (Wildman–Crippen LogP) is 1.92. The van der Waals surface area contributed by atoms with Crippen molar-refractivity contribution >= 4 is 0 Å². The minimum Gasteiger partial charge on any atom is -0.317 e. The molecular formula is C20H38N4. The smallest absolute Gasteiger partial charge is 0.0107 e. The Morgan fingerprint density at radius 2 is 1.33 bits per heavy atom. The van der Waals surface area contributed by atoms with Crippen molar-refractivity contribution in [3.8, 4) is 0 Å². The maximum absolute atomic E-state index is 3.55. The summed E-state index contributed by atoms with van der Waals surface area (Å²) in [4.78, 5) is 5.56. The number of hydrogen-bond acceptors (Lipinski definition) is 4. The summed E-state index contributed by atoms with van der Waals surface area (Å²) in [5, 5.41) is 7.02. The molecule has 3 saturated heterocycles. The van der Waals surface area contributed by atoms with E-state index in [4.69, 9.17) is 0 Å². The molecule has 138 valence electrons. The molecule has 4 aliphatic rings. The molecule has 4 nitrogen and oxygen atoms in total. The molecule has 3 aliphatic heterocycles. The van der Waals surface area contributed by atoms with E-state index in [2.05, 4.69) is 20.4 Å². The number of piperidine rings is 2. The topological polar surface area (TPSA) is 30.5 Å². The number of nitrogens with one attached hydrogen (secondary N) is 2. The molecule has 0 radical (unpaired) electrons. The first-order valence-corrected chi connectivity index (χ1v) is 10.7. The molecular weight excluding hydrogens is 296 g/mol. The van der Waals surface area contributed by atoms with Crippen LogP contribution in [0.3, 0.4) is 0 Å². The van der Waals surface area contributed by atoms with Crippen LogP contribution in [0.25, 0.3) is 0 Å². The number of hydrogen-bond donors (Lipinski definition) is 2. The quantitative estimate of drug-likeness (QED) is 0.825. The van der Waals surface area contributed by atoms with Gasteiger partial charge in [-0.3, -0.25) is 0 Å². The van der Waals surface area contributed by atoms with Crippen molar-refractivity contribution in [1.82, 2.24) is 20.4 Å². The average molecular weight is 335 g/mol. The fourth-order valence-electron chi connectivity index (χ4n) is 5.80. The monoisotopic (exact) mass is 334 g/mol. The highest BCUT2D eigenvalue weighted by Crippen LogP contribution is 2.44. The van der Waals surface area contributed by atoms with Crippen molar-refractivity contribution in [2.45, 2.75) is 57.4 Å². The Hall–Kier alpha value is -0.160. The second kappa shape index (κ2) is 8.03.